The molecule has 0 amide bonds. The van der Waals surface area contributed by atoms with Crippen LogP contribution < -0.4 is 10.6 Å². The Hall–Kier alpha value is -0.450. The van der Waals surface area contributed by atoms with Crippen molar-refractivity contribution in [1.29, 1.82) is 0 Å². The Balaban J connectivity index is 0.00000338. The van der Waals surface area contributed by atoms with Crippen molar-refractivity contribution in [2.45, 2.75) is 46.1 Å². The summed E-state index contributed by atoms with van der Waals surface area (Å²) in [4.78, 5) is 13.1. The van der Waals surface area contributed by atoms with Crippen LogP contribution in [0.4, 0.5) is 0 Å². The van der Waals surface area contributed by atoms with Crippen molar-refractivity contribution in [2.75, 3.05) is 46.4 Å². The second-order valence-electron chi connectivity index (χ2n) is 6.45. The summed E-state index contributed by atoms with van der Waals surface area (Å²) in [5.74, 6) is 0.898. The molecule has 6 nitrogen and oxygen atoms in total. The molecule has 1 aromatic heterocycles. The highest BCUT2D eigenvalue weighted by atomic mass is 127. The number of hydrogen-bond acceptors (Lipinski definition) is 5. The molecular formula is C18H34IN5OS. The van der Waals surface area contributed by atoms with Gasteiger partial charge in [0.15, 0.2) is 5.96 Å². The number of halogens is 1. The van der Waals surface area contributed by atoms with E-state index in [9.17, 15) is 0 Å². The minimum Gasteiger partial charge on any atom is -0.383 e. The summed E-state index contributed by atoms with van der Waals surface area (Å²) in [7, 11) is 1.77. The fourth-order valence-electron chi connectivity index (χ4n) is 2.69. The van der Waals surface area contributed by atoms with E-state index in [1.807, 2.05) is 0 Å². The number of rotatable bonds is 11. The van der Waals surface area contributed by atoms with Crippen LogP contribution in [0, 0.1) is 13.8 Å². The number of aliphatic imine (C=N–C) groups is 1. The molecule has 1 heterocycles. The van der Waals surface area contributed by atoms with Gasteiger partial charge in [-0.05, 0) is 33.6 Å². The van der Waals surface area contributed by atoms with E-state index in [0.717, 1.165) is 63.4 Å². The van der Waals surface area contributed by atoms with E-state index in [1.165, 1.54) is 22.7 Å². The quantitative estimate of drug-likeness (QED) is 0.281. The van der Waals surface area contributed by atoms with Gasteiger partial charge in [-0.25, -0.2) is 4.98 Å². The van der Waals surface area contributed by atoms with Crippen molar-refractivity contribution >= 4 is 41.3 Å². The summed E-state index contributed by atoms with van der Waals surface area (Å²) in [6.07, 6.45) is 3.57. The Morgan fingerprint density at radius 3 is 2.65 bits per heavy atom. The average Bonchev–Trinajstić information content (AvgIpc) is 3.37. The maximum Gasteiger partial charge on any atom is 0.191 e. The number of methoxy groups -OCH3 is 1. The number of ether oxygens (including phenoxy) is 1. The largest absolute Gasteiger partial charge is 0.383 e. The molecule has 0 aromatic carbocycles. The first-order chi connectivity index (χ1) is 12.1. The molecule has 0 aliphatic heterocycles. The van der Waals surface area contributed by atoms with Gasteiger partial charge in [0.1, 0.15) is 0 Å². The number of guanidine groups is 1. The zero-order valence-corrected chi connectivity index (χ0v) is 19.7. The lowest BCUT2D eigenvalue weighted by atomic mass is 10.4. The monoisotopic (exact) mass is 495 g/mol. The van der Waals surface area contributed by atoms with Crippen LogP contribution >= 0.6 is 35.3 Å². The van der Waals surface area contributed by atoms with Gasteiger partial charge in [-0.3, -0.25) is 9.89 Å². The van der Waals surface area contributed by atoms with Gasteiger partial charge in [-0.1, -0.05) is 0 Å². The van der Waals surface area contributed by atoms with Crippen LogP contribution in [0.15, 0.2) is 4.99 Å². The molecule has 1 aliphatic rings. The zero-order chi connectivity index (χ0) is 18.1. The van der Waals surface area contributed by atoms with Crippen LogP contribution in [-0.2, 0) is 11.2 Å². The number of nitrogens with zero attached hydrogens (tertiary/aromatic N) is 3. The SMILES string of the molecule is CCNC(=NCCN(CCOC)C1CC1)NCCc1nc(C)c(C)s1.I. The van der Waals surface area contributed by atoms with E-state index in [0.29, 0.717) is 0 Å². The van der Waals surface area contributed by atoms with E-state index in [2.05, 4.69) is 41.3 Å². The van der Waals surface area contributed by atoms with E-state index in [1.54, 1.807) is 18.4 Å². The summed E-state index contributed by atoms with van der Waals surface area (Å²) >= 11 is 1.79. The summed E-state index contributed by atoms with van der Waals surface area (Å²) < 4.78 is 5.21. The van der Waals surface area contributed by atoms with Gasteiger partial charge in [-0.2, -0.15) is 0 Å². The molecule has 0 spiro atoms. The van der Waals surface area contributed by atoms with Gasteiger partial charge in [0.25, 0.3) is 0 Å². The molecule has 8 heteroatoms. The highest BCUT2D eigenvalue weighted by Gasteiger charge is 2.28. The fraction of sp³-hybridized carbons (Fsp3) is 0.778. The lowest BCUT2D eigenvalue weighted by molar-refractivity contribution is 0.145. The third kappa shape index (κ3) is 8.49. The van der Waals surface area contributed by atoms with Gasteiger partial charge in [0.2, 0.25) is 0 Å². The molecular weight excluding hydrogens is 461 g/mol. The van der Waals surface area contributed by atoms with Crippen molar-refractivity contribution in [2.24, 2.45) is 4.99 Å². The molecule has 0 unspecified atom stereocenters. The Morgan fingerprint density at radius 1 is 1.31 bits per heavy atom. The highest BCUT2D eigenvalue weighted by molar-refractivity contribution is 14.0. The molecule has 1 fully saturated rings. The van der Waals surface area contributed by atoms with Crippen molar-refractivity contribution in [1.82, 2.24) is 20.5 Å². The van der Waals surface area contributed by atoms with Gasteiger partial charge in [-0.15, -0.1) is 35.3 Å². The lowest BCUT2D eigenvalue weighted by Gasteiger charge is -2.20. The van der Waals surface area contributed by atoms with Crippen molar-refractivity contribution < 1.29 is 4.74 Å². The number of aryl methyl sites for hydroxylation is 2. The predicted molar refractivity (Wildman–Crippen MR) is 121 cm³/mol. The van der Waals surface area contributed by atoms with Gasteiger partial charge < -0.3 is 15.4 Å². The van der Waals surface area contributed by atoms with Gasteiger partial charge >= 0.3 is 0 Å². The summed E-state index contributed by atoms with van der Waals surface area (Å²) in [6.45, 7) is 11.6. The Bertz CT molecular complexity index is 528. The number of nitrogens with one attached hydrogen (secondary N) is 2. The second kappa shape index (κ2) is 12.9. The molecule has 1 saturated carbocycles. The smallest absolute Gasteiger partial charge is 0.191 e. The molecule has 150 valence electrons. The zero-order valence-electron chi connectivity index (χ0n) is 16.5. The predicted octanol–water partition coefficient (Wildman–Crippen LogP) is 2.59. The topological polar surface area (TPSA) is 61.8 Å². The van der Waals surface area contributed by atoms with E-state index in [4.69, 9.17) is 9.73 Å². The van der Waals surface area contributed by atoms with Crippen molar-refractivity contribution in [3.8, 4) is 0 Å². The normalized spacial score (nSPS) is 14.4. The number of thiazole rings is 1. The van der Waals surface area contributed by atoms with Crippen LogP contribution in [-0.4, -0.2) is 68.3 Å². The minimum absolute atomic E-state index is 0. The second-order valence-corrected chi connectivity index (χ2v) is 7.73. The Kier molecular flexibility index (Phi) is 11.7. The lowest BCUT2D eigenvalue weighted by Crippen LogP contribution is -2.39. The van der Waals surface area contributed by atoms with Crippen LogP contribution in [0.1, 0.15) is 35.3 Å². The van der Waals surface area contributed by atoms with Crippen molar-refractivity contribution in [3.05, 3.63) is 15.6 Å². The first kappa shape index (κ1) is 23.6. The highest BCUT2D eigenvalue weighted by Crippen LogP contribution is 2.26. The third-order valence-electron chi connectivity index (χ3n) is 4.35. The Morgan fingerprint density at radius 2 is 2.08 bits per heavy atom. The Labute approximate surface area is 179 Å². The van der Waals surface area contributed by atoms with Crippen molar-refractivity contribution in [3.63, 3.8) is 0 Å². The minimum atomic E-state index is 0. The summed E-state index contributed by atoms with van der Waals surface area (Å²) in [5, 5.41) is 7.94. The van der Waals surface area contributed by atoms with Gasteiger partial charge in [0, 0.05) is 50.6 Å². The maximum absolute atomic E-state index is 5.21. The number of aromatic nitrogens is 1. The molecule has 2 rings (SSSR count). The molecule has 0 radical (unpaired) electrons. The van der Waals surface area contributed by atoms with Crippen LogP contribution in [0.3, 0.4) is 0 Å². The molecule has 0 saturated heterocycles. The molecule has 2 N–H and O–H groups in total. The third-order valence-corrected chi connectivity index (χ3v) is 5.48. The first-order valence-electron chi connectivity index (χ1n) is 9.32. The van der Waals surface area contributed by atoms with E-state index < -0.39 is 0 Å². The molecule has 1 aliphatic carbocycles. The first-order valence-corrected chi connectivity index (χ1v) is 10.1. The molecule has 26 heavy (non-hydrogen) atoms. The average molecular weight is 495 g/mol. The molecule has 1 aromatic rings. The summed E-state index contributed by atoms with van der Waals surface area (Å²) in [6, 6.07) is 0.747. The van der Waals surface area contributed by atoms with E-state index in [-0.39, 0.29) is 24.0 Å². The molecule has 0 bridgehead atoms. The summed E-state index contributed by atoms with van der Waals surface area (Å²) in [5.41, 5.74) is 1.15. The standard InChI is InChI=1S/C18H33N5OS.HI/c1-5-19-18(20-9-8-17-22-14(2)15(3)25-17)21-10-11-23(12-13-24-4)16-6-7-16;/h16H,5-13H2,1-4H3,(H2,19,20,21);1H. The number of hydrogen-bond donors (Lipinski definition) is 2. The maximum atomic E-state index is 5.21. The van der Waals surface area contributed by atoms with Crippen LogP contribution in [0.2, 0.25) is 0 Å². The van der Waals surface area contributed by atoms with E-state index >= 15 is 0 Å². The molecule has 0 atom stereocenters. The van der Waals surface area contributed by atoms with Gasteiger partial charge in [0.05, 0.1) is 23.9 Å². The van der Waals surface area contributed by atoms with Crippen LogP contribution in [0.5, 0.6) is 0 Å². The van der Waals surface area contributed by atoms with Crippen LogP contribution in [0.25, 0.3) is 0 Å². The fourth-order valence-corrected chi connectivity index (χ4v) is 3.62.